The standard InChI is InChI=1S/C12H21N3O2/c1-9(2)14-11-7-12(16)15(13-8-11)5-6-17-10(3)4/h7-10,14H,5-6H2,1-4H3. The van der Waals surface area contributed by atoms with E-state index in [1.54, 1.807) is 12.3 Å². The van der Waals surface area contributed by atoms with Crippen LogP contribution in [-0.4, -0.2) is 28.5 Å². The van der Waals surface area contributed by atoms with Crippen molar-refractivity contribution in [3.05, 3.63) is 22.6 Å². The Morgan fingerprint density at radius 2 is 2.12 bits per heavy atom. The van der Waals surface area contributed by atoms with Crippen molar-refractivity contribution in [1.82, 2.24) is 9.78 Å². The van der Waals surface area contributed by atoms with Crippen molar-refractivity contribution in [3.8, 4) is 0 Å². The van der Waals surface area contributed by atoms with Gasteiger partial charge in [0.2, 0.25) is 0 Å². The molecule has 0 spiro atoms. The molecule has 1 rings (SSSR count). The number of rotatable bonds is 6. The van der Waals surface area contributed by atoms with E-state index in [4.69, 9.17) is 4.74 Å². The highest BCUT2D eigenvalue weighted by Gasteiger charge is 2.02. The second-order valence-electron chi connectivity index (χ2n) is 4.52. The summed E-state index contributed by atoms with van der Waals surface area (Å²) >= 11 is 0. The van der Waals surface area contributed by atoms with Crippen molar-refractivity contribution < 1.29 is 4.74 Å². The Morgan fingerprint density at radius 3 is 2.65 bits per heavy atom. The predicted octanol–water partition coefficient (Wildman–Crippen LogP) is 1.49. The molecule has 0 aliphatic heterocycles. The average molecular weight is 239 g/mol. The quantitative estimate of drug-likeness (QED) is 0.817. The molecule has 0 amide bonds. The lowest BCUT2D eigenvalue weighted by Crippen LogP contribution is -2.26. The summed E-state index contributed by atoms with van der Waals surface area (Å²) in [6.07, 6.45) is 1.84. The van der Waals surface area contributed by atoms with Crippen LogP contribution in [-0.2, 0) is 11.3 Å². The van der Waals surface area contributed by atoms with E-state index in [1.165, 1.54) is 4.68 Å². The van der Waals surface area contributed by atoms with E-state index < -0.39 is 0 Å². The van der Waals surface area contributed by atoms with Crippen LogP contribution < -0.4 is 10.9 Å². The molecule has 17 heavy (non-hydrogen) atoms. The second-order valence-corrected chi connectivity index (χ2v) is 4.52. The number of nitrogens with zero attached hydrogens (tertiary/aromatic N) is 2. The molecule has 0 fully saturated rings. The van der Waals surface area contributed by atoms with Gasteiger partial charge in [0.1, 0.15) is 0 Å². The van der Waals surface area contributed by atoms with Crippen LogP contribution in [0.4, 0.5) is 5.69 Å². The summed E-state index contributed by atoms with van der Waals surface area (Å²) < 4.78 is 6.79. The smallest absolute Gasteiger partial charge is 0.268 e. The molecule has 0 saturated heterocycles. The minimum Gasteiger partial charge on any atom is -0.381 e. The lowest BCUT2D eigenvalue weighted by molar-refractivity contribution is 0.0702. The van der Waals surface area contributed by atoms with Gasteiger partial charge in [-0.05, 0) is 27.7 Å². The summed E-state index contributed by atoms with van der Waals surface area (Å²) in [5.74, 6) is 0. The van der Waals surface area contributed by atoms with Crippen LogP contribution in [0.3, 0.4) is 0 Å². The van der Waals surface area contributed by atoms with Crippen molar-refractivity contribution in [1.29, 1.82) is 0 Å². The van der Waals surface area contributed by atoms with Gasteiger partial charge in [0, 0.05) is 12.1 Å². The van der Waals surface area contributed by atoms with Crippen LogP contribution in [0, 0.1) is 0 Å². The first-order chi connectivity index (χ1) is 7.99. The number of anilines is 1. The zero-order valence-corrected chi connectivity index (χ0v) is 10.9. The highest BCUT2D eigenvalue weighted by atomic mass is 16.5. The van der Waals surface area contributed by atoms with Crippen molar-refractivity contribution in [2.45, 2.75) is 46.4 Å². The first kappa shape index (κ1) is 13.7. The van der Waals surface area contributed by atoms with Crippen LogP contribution >= 0.6 is 0 Å². The molecule has 1 N–H and O–H groups in total. The lowest BCUT2D eigenvalue weighted by Gasteiger charge is -2.11. The number of nitrogens with one attached hydrogen (secondary N) is 1. The third-order valence-electron chi connectivity index (χ3n) is 2.08. The molecule has 1 heterocycles. The van der Waals surface area contributed by atoms with Crippen LogP contribution in [0.15, 0.2) is 17.1 Å². The van der Waals surface area contributed by atoms with Gasteiger partial charge < -0.3 is 10.1 Å². The van der Waals surface area contributed by atoms with Crippen LogP contribution in [0.25, 0.3) is 0 Å². The second kappa shape index (κ2) is 6.39. The maximum atomic E-state index is 11.7. The fraction of sp³-hybridized carbons (Fsp3) is 0.667. The summed E-state index contributed by atoms with van der Waals surface area (Å²) in [7, 11) is 0. The predicted molar refractivity (Wildman–Crippen MR) is 68.3 cm³/mol. The van der Waals surface area contributed by atoms with E-state index in [0.717, 1.165) is 5.69 Å². The molecule has 0 aliphatic rings. The van der Waals surface area contributed by atoms with Gasteiger partial charge in [0.25, 0.3) is 5.56 Å². The SMILES string of the molecule is CC(C)Nc1cnn(CCOC(C)C)c(=O)c1. The van der Waals surface area contributed by atoms with Crippen molar-refractivity contribution in [3.63, 3.8) is 0 Å². The first-order valence-corrected chi connectivity index (χ1v) is 5.94. The monoisotopic (exact) mass is 239 g/mol. The molecular formula is C12H21N3O2. The van der Waals surface area contributed by atoms with Gasteiger partial charge in [-0.3, -0.25) is 4.79 Å². The summed E-state index contributed by atoms with van der Waals surface area (Å²) in [5, 5.41) is 7.23. The Labute approximate surface area is 102 Å². The number of hydrogen-bond acceptors (Lipinski definition) is 4. The minimum absolute atomic E-state index is 0.108. The van der Waals surface area contributed by atoms with Gasteiger partial charge in [-0.15, -0.1) is 0 Å². The topological polar surface area (TPSA) is 56.1 Å². The Bertz CT molecular complexity index is 399. The molecule has 0 aliphatic carbocycles. The van der Waals surface area contributed by atoms with Gasteiger partial charge in [0.15, 0.2) is 0 Å². The van der Waals surface area contributed by atoms with E-state index >= 15 is 0 Å². The third-order valence-corrected chi connectivity index (χ3v) is 2.08. The fourth-order valence-corrected chi connectivity index (χ4v) is 1.39. The van der Waals surface area contributed by atoms with E-state index in [9.17, 15) is 4.79 Å². The first-order valence-electron chi connectivity index (χ1n) is 5.94. The van der Waals surface area contributed by atoms with E-state index in [2.05, 4.69) is 10.4 Å². The highest BCUT2D eigenvalue weighted by molar-refractivity contribution is 5.39. The number of hydrogen-bond donors (Lipinski definition) is 1. The van der Waals surface area contributed by atoms with E-state index in [-0.39, 0.29) is 17.7 Å². The number of aromatic nitrogens is 2. The van der Waals surface area contributed by atoms with E-state index in [0.29, 0.717) is 13.2 Å². The average Bonchev–Trinajstić information content (AvgIpc) is 2.20. The molecule has 5 nitrogen and oxygen atoms in total. The maximum Gasteiger partial charge on any atom is 0.268 e. The Morgan fingerprint density at radius 1 is 1.41 bits per heavy atom. The van der Waals surface area contributed by atoms with Gasteiger partial charge in [0.05, 0.1) is 31.1 Å². The Kier molecular flexibility index (Phi) is 5.15. The molecular weight excluding hydrogens is 218 g/mol. The highest BCUT2D eigenvalue weighted by Crippen LogP contribution is 2.01. The van der Waals surface area contributed by atoms with Gasteiger partial charge in [-0.2, -0.15) is 5.10 Å². The van der Waals surface area contributed by atoms with E-state index in [1.807, 2.05) is 27.7 Å². The minimum atomic E-state index is -0.108. The van der Waals surface area contributed by atoms with Gasteiger partial charge in [-0.25, -0.2) is 4.68 Å². The van der Waals surface area contributed by atoms with Crippen molar-refractivity contribution >= 4 is 5.69 Å². The number of ether oxygens (including phenoxy) is 1. The van der Waals surface area contributed by atoms with Crippen molar-refractivity contribution in [2.24, 2.45) is 0 Å². The molecule has 1 aromatic heterocycles. The summed E-state index contributed by atoms with van der Waals surface area (Å²) in [6.45, 7) is 8.95. The molecule has 5 heteroatoms. The summed E-state index contributed by atoms with van der Waals surface area (Å²) in [5.41, 5.74) is 0.647. The van der Waals surface area contributed by atoms with Crippen LogP contribution in [0.2, 0.25) is 0 Å². The molecule has 0 radical (unpaired) electrons. The summed E-state index contributed by atoms with van der Waals surface area (Å²) in [6, 6.07) is 1.85. The molecule has 0 atom stereocenters. The van der Waals surface area contributed by atoms with Crippen LogP contribution in [0.1, 0.15) is 27.7 Å². The van der Waals surface area contributed by atoms with Gasteiger partial charge in [-0.1, -0.05) is 0 Å². The molecule has 96 valence electrons. The van der Waals surface area contributed by atoms with Crippen molar-refractivity contribution in [2.75, 3.05) is 11.9 Å². The largest absolute Gasteiger partial charge is 0.381 e. The molecule has 1 aromatic rings. The Hall–Kier alpha value is -1.36. The zero-order valence-electron chi connectivity index (χ0n) is 10.9. The molecule has 0 saturated carbocycles. The van der Waals surface area contributed by atoms with Crippen LogP contribution in [0.5, 0.6) is 0 Å². The maximum absolute atomic E-state index is 11.7. The molecule has 0 unspecified atom stereocenters. The van der Waals surface area contributed by atoms with Gasteiger partial charge >= 0.3 is 0 Å². The Balaban J connectivity index is 2.60. The summed E-state index contributed by atoms with van der Waals surface area (Å²) in [4.78, 5) is 11.7. The molecule has 0 aromatic carbocycles. The zero-order chi connectivity index (χ0) is 12.8. The molecule has 0 bridgehead atoms. The third kappa shape index (κ3) is 4.99. The normalized spacial score (nSPS) is 11.2. The fourth-order valence-electron chi connectivity index (χ4n) is 1.39. The lowest BCUT2D eigenvalue weighted by atomic mass is 10.3.